The molecule has 1 saturated carbocycles. The minimum Gasteiger partial charge on any atom is -0.472 e. The molecule has 3 N–H and O–H groups in total. The second kappa shape index (κ2) is 6.56. The molecule has 110 valence electrons. The zero-order chi connectivity index (χ0) is 14.4. The van der Waals surface area contributed by atoms with E-state index in [9.17, 15) is 9.59 Å². The zero-order valence-corrected chi connectivity index (χ0v) is 11.4. The molecule has 1 aliphatic carbocycles. The Hall–Kier alpha value is -1.82. The molecule has 2 amide bonds. The first-order chi connectivity index (χ1) is 9.65. The molecular weight excluding hydrogens is 260 g/mol. The molecular formula is C14H20N2O4. The molecule has 0 aromatic carbocycles. The average molecular weight is 280 g/mol. The van der Waals surface area contributed by atoms with Crippen molar-refractivity contribution in [2.45, 2.75) is 25.7 Å². The molecule has 0 radical (unpaired) electrons. The first-order valence-corrected chi connectivity index (χ1v) is 6.83. The molecule has 6 heteroatoms. The van der Waals surface area contributed by atoms with Crippen LogP contribution in [0, 0.1) is 5.41 Å². The van der Waals surface area contributed by atoms with Crippen molar-refractivity contribution in [3.05, 3.63) is 24.2 Å². The third kappa shape index (κ3) is 4.09. The van der Waals surface area contributed by atoms with Crippen molar-refractivity contribution in [1.29, 1.82) is 0 Å². The van der Waals surface area contributed by atoms with Crippen LogP contribution in [0.1, 0.15) is 36.0 Å². The number of nitrogens with one attached hydrogen (secondary N) is 2. The third-order valence-electron chi connectivity index (χ3n) is 3.68. The van der Waals surface area contributed by atoms with Gasteiger partial charge in [-0.05, 0) is 30.7 Å². The largest absolute Gasteiger partial charge is 0.472 e. The summed E-state index contributed by atoms with van der Waals surface area (Å²) in [6.07, 6.45) is 5.90. The lowest BCUT2D eigenvalue weighted by molar-refractivity contribution is -0.121. The number of aliphatic hydroxyl groups excluding tert-OH is 1. The Morgan fingerprint density at radius 2 is 2.15 bits per heavy atom. The van der Waals surface area contributed by atoms with Gasteiger partial charge in [0.2, 0.25) is 5.91 Å². The van der Waals surface area contributed by atoms with Gasteiger partial charge in [-0.1, -0.05) is 0 Å². The Morgan fingerprint density at radius 3 is 2.75 bits per heavy atom. The highest BCUT2D eigenvalue weighted by molar-refractivity contribution is 5.93. The van der Waals surface area contributed by atoms with E-state index in [2.05, 4.69) is 10.6 Å². The van der Waals surface area contributed by atoms with Gasteiger partial charge in [0.05, 0.1) is 11.8 Å². The summed E-state index contributed by atoms with van der Waals surface area (Å²) in [6, 6.07) is 1.57. The van der Waals surface area contributed by atoms with E-state index < -0.39 is 0 Å². The van der Waals surface area contributed by atoms with Gasteiger partial charge >= 0.3 is 0 Å². The van der Waals surface area contributed by atoms with Crippen LogP contribution in [0.15, 0.2) is 23.0 Å². The fraction of sp³-hybridized carbons (Fsp3) is 0.571. The molecule has 6 nitrogen and oxygen atoms in total. The summed E-state index contributed by atoms with van der Waals surface area (Å²) in [7, 11) is 0. The smallest absolute Gasteiger partial charge is 0.254 e. The second-order valence-corrected chi connectivity index (χ2v) is 5.27. The minimum atomic E-state index is -0.245. The molecule has 0 atom stereocenters. The number of hydrogen-bond donors (Lipinski definition) is 3. The summed E-state index contributed by atoms with van der Waals surface area (Å²) in [5.41, 5.74) is 0.565. The zero-order valence-electron chi connectivity index (χ0n) is 11.4. The summed E-state index contributed by atoms with van der Waals surface area (Å²) in [5.74, 6) is -0.327. The summed E-state index contributed by atoms with van der Waals surface area (Å²) in [4.78, 5) is 23.2. The number of aliphatic hydroxyl groups is 1. The van der Waals surface area contributed by atoms with Crippen LogP contribution in [0.25, 0.3) is 0 Å². The van der Waals surface area contributed by atoms with Gasteiger partial charge in [-0.15, -0.1) is 0 Å². The van der Waals surface area contributed by atoms with Gasteiger partial charge in [0.1, 0.15) is 6.26 Å². The maximum atomic E-state index is 11.6. The number of amides is 2. The fourth-order valence-electron chi connectivity index (χ4n) is 2.09. The monoisotopic (exact) mass is 280 g/mol. The van der Waals surface area contributed by atoms with Crippen LogP contribution in [-0.4, -0.2) is 36.6 Å². The third-order valence-corrected chi connectivity index (χ3v) is 3.68. The summed E-state index contributed by atoms with van der Waals surface area (Å²) in [6.45, 7) is 1.07. The van der Waals surface area contributed by atoms with E-state index in [1.807, 2.05) is 0 Å². The molecule has 0 unspecified atom stereocenters. The van der Waals surface area contributed by atoms with Crippen LogP contribution in [-0.2, 0) is 4.79 Å². The maximum Gasteiger partial charge on any atom is 0.254 e. The maximum absolute atomic E-state index is 11.6. The quantitative estimate of drug-likeness (QED) is 0.653. The topological polar surface area (TPSA) is 91.6 Å². The van der Waals surface area contributed by atoms with E-state index in [0.717, 1.165) is 19.3 Å². The van der Waals surface area contributed by atoms with Crippen molar-refractivity contribution in [2.24, 2.45) is 5.41 Å². The highest BCUT2D eigenvalue weighted by atomic mass is 16.3. The molecule has 0 aliphatic heterocycles. The number of rotatable bonds is 8. The molecule has 1 aromatic rings. The van der Waals surface area contributed by atoms with Gasteiger partial charge in [-0.25, -0.2) is 0 Å². The lowest BCUT2D eigenvalue weighted by atomic mass is 10.0. The predicted molar refractivity (Wildman–Crippen MR) is 72.0 cm³/mol. The number of furan rings is 1. The number of carbonyl (C=O) groups excluding carboxylic acids is 2. The Balaban J connectivity index is 1.60. The predicted octanol–water partition coefficient (Wildman–Crippen LogP) is 0.678. The van der Waals surface area contributed by atoms with Crippen LogP contribution in [0.3, 0.4) is 0 Å². The Kier molecular flexibility index (Phi) is 4.79. The summed E-state index contributed by atoms with van der Waals surface area (Å²) >= 11 is 0. The lowest BCUT2D eigenvalue weighted by Gasteiger charge is -2.14. The standard InChI is InChI=1S/C14H20N2O4/c17-7-5-14(3-4-14)10-16-12(18)1-6-15-13(19)11-2-8-20-9-11/h2,8-9,17H,1,3-7,10H2,(H,15,19)(H,16,18). The molecule has 1 aliphatic rings. The highest BCUT2D eigenvalue weighted by Gasteiger charge is 2.41. The molecule has 0 spiro atoms. The molecule has 1 heterocycles. The Bertz CT molecular complexity index is 452. The fourth-order valence-corrected chi connectivity index (χ4v) is 2.09. The highest BCUT2D eigenvalue weighted by Crippen LogP contribution is 2.47. The van der Waals surface area contributed by atoms with Crippen molar-refractivity contribution in [3.8, 4) is 0 Å². The first-order valence-electron chi connectivity index (χ1n) is 6.83. The summed E-state index contributed by atoms with van der Waals surface area (Å²) in [5, 5.41) is 14.4. The van der Waals surface area contributed by atoms with Crippen molar-refractivity contribution in [3.63, 3.8) is 0 Å². The number of hydrogen-bond acceptors (Lipinski definition) is 4. The van der Waals surface area contributed by atoms with Crippen molar-refractivity contribution in [1.82, 2.24) is 10.6 Å². The van der Waals surface area contributed by atoms with E-state index in [-0.39, 0.29) is 30.3 Å². The number of carbonyl (C=O) groups is 2. The van der Waals surface area contributed by atoms with Crippen molar-refractivity contribution < 1.29 is 19.1 Å². The molecule has 20 heavy (non-hydrogen) atoms. The molecule has 1 fully saturated rings. The van der Waals surface area contributed by atoms with Crippen molar-refractivity contribution in [2.75, 3.05) is 19.7 Å². The Morgan fingerprint density at radius 1 is 1.35 bits per heavy atom. The van der Waals surface area contributed by atoms with Crippen LogP contribution < -0.4 is 10.6 Å². The van der Waals surface area contributed by atoms with E-state index in [1.165, 1.54) is 12.5 Å². The van der Waals surface area contributed by atoms with E-state index in [1.54, 1.807) is 6.07 Å². The van der Waals surface area contributed by atoms with Gasteiger partial charge in [-0.2, -0.15) is 0 Å². The van der Waals surface area contributed by atoms with Gasteiger partial charge in [-0.3, -0.25) is 9.59 Å². The minimum absolute atomic E-state index is 0.0818. The van der Waals surface area contributed by atoms with Gasteiger partial charge < -0.3 is 20.2 Å². The second-order valence-electron chi connectivity index (χ2n) is 5.27. The SMILES string of the molecule is O=C(CCNC(=O)c1ccoc1)NCC1(CCO)CC1. The molecule has 1 aromatic heterocycles. The van der Waals surface area contributed by atoms with E-state index in [0.29, 0.717) is 18.7 Å². The first kappa shape index (κ1) is 14.6. The normalized spacial score (nSPS) is 15.7. The van der Waals surface area contributed by atoms with Gasteiger partial charge in [0.25, 0.3) is 5.91 Å². The molecule has 0 bridgehead atoms. The average Bonchev–Trinajstić information content (AvgIpc) is 2.99. The van der Waals surface area contributed by atoms with Crippen LogP contribution in [0.5, 0.6) is 0 Å². The summed E-state index contributed by atoms with van der Waals surface area (Å²) < 4.78 is 4.81. The molecule has 2 rings (SSSR count). The van der Waals surface area contributed by atoms with E-state index in [4.69, 9.17) is 9.52 Å². The van der Waals surface area contributed by atoms with E-state index >= 15 is 0 Å². The van der Waals surface area contributed by atoms with Crippen LogP contribution in [0.2, 0.25) is 0 Å². The van der Waals surface area contributed by atoms with Crippen LogP contribution in [0.4, 0.5) is 0 Å². The lowest BCUT2D eigenvalue weighted by Crippen LogP contribution is -2.34. The van der Waals surface area contributed by atoms with Crippen LogP contribution >= 0.6 is 0 Å². The van der Waals surface area contributed by atoms with Gasteiger partial charge in [0.15, 0.2) is 0 Å². The Labute approximate surface area is 117 Å². The molecule has 0 saturated heterocycles. The van der Waals surface area contributed by atoms with Gasteiger partial charge in [0, 0.05) is 26.1 Å². The van der Waals surface area contributed by atoms with Crippen molar-refractivity contribution >= 4 is 11.8 Å².